The first-order chi connectivity index (χ1) is 11.6. The fraction of sp³-hybridized carbons (Fsp3) is 0.556. The third-order valence-corrected chi connectivity index (χ3v) is 4.42. The van der Waals surface area contributed by atoms with Crippen molar-refractivity contribution in [1.82, 2.24) is 14.7 Å². The van der Waals surface area contributed by atoms with Crippen LogP contribution in [0.5, 0.6) is 0 Å². The van der Waals surface area contributed by atoms with Gasteiger partial charge >= 0.3 is 0 Å². The number of rotatable bonds is 7. The number of likely N-dealkylation sites (N-methyl/N-ethyl adjacent to an activating group) is 1. The summed E-state index contributed by atoms with van der Waals surface area (Å²) in [7, 11) is 1.74. The van der Waals surface area contributed by atoms with Crippen molar-refractivity contribution < 1.29 is 9.90 Å². The van der Waals surface area contributed by atoms with Crippen LogP contribution in [-0.2, 0) is 4.79 Å². The molecule has 6 nitrogen and oxygen atoms in total. The van der Waals surface area contributed by atoms with Crippen LogP contribution in [0, 0.1) is 11.3 Å². The molecule has 2 rings (SSSR count). The number of hydrogen-bond acceptors (Lipinski definition) is 5. The lowest BCUT2D eigenvalue weighted by atomic mass is 10.1. The lowest BCUT2D eigenvalue weighted by molar-refractivity contribution is -0.131. The van der Waals surface area contributed by atoms with Crippen molar-refractivity contribution in [3.8, 4) is 6.07 Å². The summed E-state index contributed by atoms with van der Waals surface area (Å²) >= 11 is 0. The maximum Gasteiger partial charge on any atom is 0.236 e. The second-order valence-corrected chi connectivity index (χ2v) is 6.23. The second kappa shape index (κ2) is 9.38. The molecule has 1 fully saturated rings. The number of nitriles is 1. The molecular weight excluding hydrogens is 304 g/mol. The molecule has 1 heterocycles. The van der Waals surface area contributed by atoms with E-state index >= 15 is 0 Å². The predicted molar refractivity (Wildman–Crippen MR) is 92.1 cm³/mol. The highest BCUT2D eigenvalue weighted by Gasteiger charge is 2.22. The molecule has 0 aliphatic carbocycles. The highest BCUT2D eigenvalue weighted by atomic mass is 16.3. The van der Waals surface area contributed by atoms with Crippen LogP contribution in [0.15, 0.2) is 30.3 Å². The molecule has 1 aromatic carbocycles. The second-order valence-electron chi connectivity index (χ2n) is 6.23. The summed E-state index contributed by atoms with van der Waals surface area (Å²) in [6, 6.07) is 11.8. The molecule has 1 amide bonds. The Morgan fingerprint density at radius 3 is 2.50 bits per heavy atom. The van der Waals surface area contributed by atoms with Crippen LogP contribution in [0.1, 0.15) is 18.1 Å². The van der Waals surface area contributed by atoms with Crippen molar-refractivity contribution in [2.75, 3.05) is 52.9 Å². The molecule has 1 aromatic rings. The monoisotopic (exact) mass is 330 g/mol. The Bertz CT molecular complexity index is 550. The maximum absolute atomic E-state index is 12.1. The summed E-state index contributed by atoms with van der Waals surface area (Å²) < 4.78 is 0. The third kappa shape index (κ3) is 5.60. The molecule has 1 aliphatic rings. The number of benzene rings is 1. The molecule has 1 atom stereocenters. The van der Waals surface area contributed by atoms with Gasteiger partial charge in [0.05, 0.1) is 25.1 Å². The van der Waals surface area contributed by atoms with Crippen LogP contribution >= 0.6 is 0 Å². The fourth-order valence-electron chi connectivity index (χ4n) is 2.81. The summed E-state index contributed by atoms with van der Waals surface area (Å²) in [5.74, 6) is 0.0584. The standard InChI is InChI=1S/C18H26N4O2/c1-20(9-5-8-19)18(24)15-22-12-10-21(11-13-22)14-17(23)16-6-3-2-4-7-16/h2-4,6-7,17,23H,5,9-15H2,1H3/t17-/m1/s1. The van der Waals surface area contributed by atoms with Gasteiger partial charge in [0.1, 0.15) is 0 Å². The number of amides is 1. The highest BCUT2D eigenvalue weighted by Crippen LogP contribution is 2.14. The van der Waals surface area contributed by atoms with E-state index < -0.39 is 6.10 Å². The zero-order valence-electron chi connectivity index (χ0n) is 14.3. The van der Waals surface area contributed by atoms with Gasteiger partial charge in [-0.05, 0) is 5.56 Å². The van der Waals surface area contributed by atoms with Crippen molar-refractivity contribution >= 4 is 5.91 Å². The van der Waals surface area contributed by atoms with Crippen LogP contribution in [-0.4, -0.2) is 78.6 Å². The van der Waals surface area contributed by atoms with E-state index in [4.69, 9.17) is 5.26 Å². The number of aliphatic hydroxyl groups is 1. The van der Waals surface area contributed by atoms with E-state index in [1.807, 2.05) is 30.3 Å². The van der Waals surface area contributed by atoms with Crippen molar-refractivity contribution in [2.24, 2.45) is 0 Å². The lowest BCUT2D eigenvalue weighted by Crippen LogP contribution is -2.50. The molecule has 0 radical (unpaired) electrons. The molecular formula is C18H26N4O2. The van der Waals surface area contributed by atoms with Gasteiger partial charge in [0.25, 0.3) is 0 Å². The van der Waals surface area contributed by atoms with Crippen LogP contribution in [0.2, 0.25) is 0 Å². The number of aliphatic hydroxyl groups excluding tert-OH is 1. The predicted octanol–water partition coefficient (Wildman–Crippen LogP) is 0.710. The Hall–Kier alpha value is -1.94. The first-order valence-corrected chi connectivity index (χ1v) is 8.39. The van der Waals surface area contributed by atoms with Gasteiger partial charge in [0.2, 0.25) is 5.91 Å². The summed E-state index contributed by atoms with van der Waals surface area (Å²) in [4.78, 5) is 18.1. The first kappa shape index (κ1) is 18.4. The minimum absolute atomic E-state index is 0.0584. The Balaban J connectivity index is 1.71. The van der Waals surface area contributed by atoms with E-state index in [0.29, 0.717) is 26.1 Å². The van der Waals surface area contributed by atoms with Crippen molar-refractivity contribution in [3.63, 3.8) is 0 Å². The molecule has 0 aromatic heterocycles. The number of hydrogen-bond donors (Lipinski definition) is 1. The van der Waals surface area contributed by atoms with Gasteiger partial charge in [-0.15, -0.1) is 0 Å². The third-order valence-electron chi connectivity index (χ3n) is 4.42. The zero-order valence-corrected chi connectivity index (χ0v) is 14.3. The summed E-state index contributed by atoms with van der Waals surface area (Å²) in [5.41, 5.74) is 0.939. The highest BCUT2D eigenvalue weighted by molar-refractivity contribution is 5.78. The van der Waals surface area contributed by atoms with E-state index in [0.717, 1.165) is 31.7 Å². The number of carbonyl (C=O) groups is 1. The smallest absolute Gasteiger partial charge is 0.236 e. The number of nitrogens with zero attached hydrogens (tertiary/aromatic N) is 4. The number of carbonyl (C=O) groups excluding carboxylic acids is 1. The quantitative estimate of drug-likeness (QED) is 0.797. The van der Waals surface area contributed by atoms with Gasteiger partial charge in [-0.1, -0.05) is 30.3 Å². The zero-order chi connectivity index (χ0) is 17.4. The molecule has 0 spiro atoms. The Kier molecular flexibility index (Phi) is 7.19. The van der Waals surface area contributed by atoms with Crippen LogP contribution in [0.25, 0.3) is 0 Å². The molecule has 1 saturated heterocycles. The molecule has 24 heavy (non-hydrogen) atoms. The number of β-amino-alcohol motifs (C(OH)–C–C–N with tert-alkyl or cyclic N) is 1. The summed E-state index contributed by atoms with van der Waals surface area (Å²) in [6.07, 6.45) is -0.107. The van der Waals surface area contributed by atoms with Crippen molar-refractivity contribution in [1.29, 1.82) is 5.26 Å². The molecule has 1 N–H and O–H groups in total. The summed E-state index contributed by atoms with van der Waals surface area (Å²) in [6.45, 7) is 4.83. The minimum atomic E-state index is -0.475. The van der Waals surface area contributed by atoms with Crippen LogP contribution in [0.4, 0.5) is 0 Å². The maximum atomic E-state index is 12.1. The van der Waals surface area contributed by atoms with E-state index in [1.54, 1.807) is 11.9 Å². The first-order valence-electron chi connectivity index (χ1n) is 8.39. The summed E-state index contributed by atoms with van der Waals surface area (Å²) in [5, 5.41) is 18.9. The minimum Gasteiger partial charge on any atom is -0.387 e. The van der Waals surface area contributed by atoms with E-state index in [9.17, 15) is 9.90 Å². The van der Waals surface area contributed by atoms with E-state index in [2.05, 4.69) is 15.9 Å². The fourth-order valence-corrected chi connectivity index (χ4v) is 2.81. The average Bonchev–Trinajstić information content (AvgIpc) is 2.62. The molecule has 1 aliphatic heterocycles. The SMILES string of the molecule is CN(CCC#N)C(=O)CN1CCN(C[C@@H](O)c2ccccc2)CC1. The largest absolute Gasteiger partial charge is 0.387 e. The number of piperazine rings is 1. The lowest BCUT2D eigenvalue weighted by Gasteiger charge is -2.35. The Morgan fingerprint density at radius 1 is 1.25 bits per heavy atom. The van der Waals surface area contributed by atoms with Gasteiger partial charge < -0.3 is 10.0 Å². The molecule has 0 bridgehead atoms. The molecule has 0 saturated carbocycles. The van der Waals surface area contributed by atoms with Gasteiger partial charge in [-0.3, -0.25) is 14.6 Å². The van der Waals surface area contributed by atoms with Gasteiger partial charge in [-0.25, -0.2) is 0 Å². The van der Waals surface area contributed by atoms with Gasteiger partial charge in [0.15, 0.2) is 0 Å². The van der Waals surface area contributed by atoms with Gasteiger partial charge in [0, 0.05) is 46.3 Å². The van der Waals surface area contributed by atoms with Crippen molar-refractivity contribution in [3.05, 3.63) is 35.9 Å². The van der Waals surface area contributed by atoms with E-state index in [-0.39, 0.29) is 5.91 Å². The van der Waals surface area contributed by atoms with Gasteiger partial charge in [-0.2, -0.15) is 5.26 Å². The Morgan fingerprint density at radius 2 is 1.88 bits per heavy atom. The normalized spacial score (nSPS) is 17.2. The molecule has 0 unspecified atom stereocenters. The average molecular weight is 330 g/mol. The topological polar surface area (TPSA) is 70.8 Å². The van der Waals surface area contributed by atoms with Crippen LogP contribution < -0.4 is 0 Å². The van der Waals surface area contributed by atoms with Crippen LogP contribution in [0.3, 0.4) is 0 Å². The van der Waals surface area contributed by atoms with E-state index in [1.165, 1.54) is 0 Å². The molecule has 6 heteroatoms. The molecule has 130 valence electrons. The van der Waals surface area contributed by atoms with Crippen molar-refractivity contribution in [2.45, 2.75) is 12.5 Å². The Labute approximate surface area is 143 Å².